The number of rotatable bonds is 12. The Morgan fingerprint density at radius 1 is 0.517 bits per heavy atom. The van der Waals surface area contributed by atoms with Gasteiger partial charge in [-0.25, -0.2) is 8.78 Å². The Bertz CT molecular complexity index is 2330. The van der Waals surface area contributed by atoms with Crippen molar-refractivity contribution in [2.24, 2.45) is 0 Å². The van der Waals surface area contributed by atoms with Gasteiger partial charge in [0.2, 0.25) is 0 Å². The third-order valence-electron chi connectivity index (χ3n) is 7.81. The van der Waals surface area contributed by atoms with Gasteiger partial charge in [-0.1, -0.05) is 90.6 Å². The maximum Gasteiger partial charge on any atom is 0.256 e. The van der Waals surface area contributed by atoms with Crippen LogP contribution in [0.15, 0.2) is 121 Å². The summed E-state index contributed by atoms with van der Waals surface area (Å²) in [7, 11) is 2.78. The molecule has 0 unspecified atom stereocenters. The molecule has 0 atom stereocenters. The highest BCUT2D eigenvalue weighted by Crippen LogP contribution is 2.33. The number of hydrogen-bond acceptors (Lipinski definition) is 6. The standard InChI is InChI=1S/2C21H16Cl2FNO3.C2H6/c1-27-18-9-8-13(10-17(18)24)12-25-21(26)20-16(23)6-3-7-19(20)28-15-5-2-4-14(22)11-15;1-27-18-10-5-13(11-17(18)24)12-25-21(26)20-16(23)3-2-4-19(20)28-15-8-6-14(22)7-9-15;1-2/h2*2-11H,12H2,1H3,(H,25,26);1-2H3. The van der Waals surface area contributed by atoms with Crippen molar-refractivity contribution in [3.63, 3.8) is 0 Å². The van der Waals surface area contributed by atoms with E-state index in [1.807, 2.05) is 13.8 Å². The Balaban J connectivity index is 0.000000246. The van der Waals surface area contributed by atoms with Gasteiger partial charge in [-0.05, 0) is 102 Å². The van der Waals surface area contributed by atoms with Crippen molar-refractivity contribution in [2.75, 3.05) is 14.2 Å². The summed E-state index contributed by atoms with van der Waals surface area (Å²) in [5, 5.41) is 7.00. The summed E-state index contributed by atoms with van der Waals surface area (Å²) >= 11 is 24.3. The highest BCUT2D eigenvalue weighted by molar-refractivity contribution is 6.34. The second-order valence-corrected chi connectivity index (χ2v) is 13.3. The molecule has 0 fully saturated rings. The lowest BCUT2D eigenvalue weighted by molar-refractivity contribution is 0.0940. The SMILES string of the molecule is CC.COc1ccc(CNC(=O)c2c(Cl)cccc2Oc2ccc(Cl)cc2)cc1F.COc1ccc(CNC(=O)c2c(Cl)cccc2Oc2cccc(Cl)c2)cc1F. The Morgan fingerprint density at radius 3 is 1.40 bits per heavy atom. The van der Waals surface area contributed by atoms with Gasteiger partial charge < -0.3 is 29.6 Å². The predicted octanol–water partition coefficient (Wildman–Crippen LogP) is 12.8. The Hall–Kier alpha value is -5.52. The van der Waals surface area contributed by atoms with Gasteiger partial charge in [0.25, 0.3) is 11.8 Å². The molecule has 0 saturated carbocycles. The van der Waals surface area contributed by atoms with Crippen LogP contribution in [0.1, 0.15) is 45.7 Å². The van der Waals surface area contributed by atoms with Crippen molar-refractivity contribution < 1.29 is 37.3 Å². The van der Waals surface area contributed by atoms with Crippen molar-refractivity contribution in [2.45, 2.75) is 26.9 Å². The average molecular weight is 871 g/mol. The first-order chi connectivity index (χ1) is 27.9. The average Bonchev–Trinajstić information content (AvgIpc) is 3.21. The van der Waals surface area contributed by atoms with Gasteiger partial charge in [0.15, 0.2) is 23.1 Å². The molecule has 0 saturated heterocycles. The summed E-state index contributed by atoms with van der Waals surface area (Å²) in [5.74, 6) is -0.0426. The Morgan fingerprint density at radius 2 is 0.966 bits per heavy atom. The van der Waals surface area contributed by atoms with E-state index in [1.165, 1.54) is 38.5 Å². The van der Waals surface area contributed by atoms with E-state index in [4.69, 9.17) is 65.4 Å². The number of carbonyl (C=O) groups excluding carboxylic acids is 2. The van der Waals surface area contributed by atoms with Crippen molar-refractivity contribution in [1.29, 1.82) is 0 Å². The van der Waals surface area contributed by atoms with Crippen LogP contribution in [0.4, 0.5) is 8.78 Å². The first-order valence-electron chi connectivity index (χ1n) is 17.6. The Labute approximate surface area is 355 Å². The molecule has 0 bridgehead atoms. The number of carbonyl (C=O) groups is 2. The van der Waals surface area contributed by atoms with Crippen LogP contribution >= 0.6 is 46.4 Å². The van der Waals surface area contributed by atoms with Gasteiger partial charge >= 0.3 is 0 Å². The van der Waals surface area contributed by atoms with E-state index in [0.717, 1.165) is 0 Å². The van der Waals surface area contributed by atoms with E-state index in [9.17, 15) is 18.4 Å². The minimum atomic E-state index is -0.503. The molecule has 0 aromatic heterocycles. The summed E-state index contributed by atoms with van der Waals surface area (Å²) < 4.78 is 49.0. The van der Waals surface area contributed by atoms with E-state index in [1.54, 1.807) is 97.1 Å². The molecule has 8 nitrogen and oxygen atoms in total. The van der Waals surface area contributed by atoms with Crippen LogP contribution in [-0.4, -0.2) is 26.0 Å². The summed E-state index contributed by atoms with van der Waals surface area (Å²) in [5.41, 5.74) is 1.53. The molecule has 302 valence electrons. The van der Waals surface area contributed by atoms with Gasteiger partial charge in [0.05, 0.1) is 24.3 Å². The first-order valence-corrected chi connectivity index (χ1v) is 19.1. The number of amides is 2. The molecule has 0 aliphatic carbocycles. The van der Waals surface area contributed by atoms with Crippen molar-refractivity contribution in [1.82, 2.24) is 10.6 Å². The van der Waals surface area contributed by atoms with Gasteiger partial charge in [-0.3, -0.25) is 9.59 Å². The minimum Gasteiger partial charge on any atom is -0.494 e. The van der Waals surface area contributed by atoms with Crippen LogP contribution in [0.3, 0.4) is 0 Å². The van der Waals surface area contributed by atoms with Crippen LogP contribution in [0.25, 0.3) is 0 Å². The zero-order valence-electron chi connectivity index (χ0n) is 31.7. The third kappa shape index (κ3) is 12.7. The number of methoxy groups -OCH3 is 2. The molecule has 0 heterocycles. The van der Waals surface area contributed by atoms with Gasteiger partial charge in [-0.15, -0.1) is 0 Å². The van der Waals surface area contributed by atoms with E-state index in [-0.39, 0.29) is 51.5 Å². The highest BCUT2D eigenvalue weighted by atomic mass is 35.5. The molecule has 6 rings (SSSR count). The van der Waals surface area contributed by atoms with Crippen LogP contribution in [0.2, 0.25) is 20.1 Å². The number of nitrogens with one attached hydrogen (secondary N) is 2. The first kappa shape index (κ1) is 45.2. The van der Waals surface area contributed by atoms with Gasteiger partial charge in [-0.2, -0.15) is 0 Å². The molecular formula is C44H38Cl4F2N2O6. The molecule has 2 amide bonds. The molecule has 0 spiro atoms. The zero-order chi connectivity index (χ0) is 42.2. The lowest BCUT2D eigenvalue weighted by atomic mass is 10.1. The van der Waals surface area contributed by atoms with Crippen molar-refractivity contribution in [3.8, 4) is 34.5 Å². The number of ether oxygens (including phenoxy) is 4. The minimum absolute atomic E-state index is 0.113. The molecule has 0 radical (unpaired) electrons. The maximum atomic E-state index is 13.8. The largest absolute Gasteiger partial charge is 0.494 e. The van der Waals surface area contributed by atoms with E-state index < -0.39 is 23.4 Å². The summed E-state index contributed by atoms with van der Waals surface area (Å²) in [6.07, 6.45) is 0. The maximum absolute atomic E-state index is 13.8. The third-order valence-corrected chi connectivity index (χ3v) is 8.93. The lowest BCUT2D eigenvalue weighted by Gasteiger charge is -2.13. The molecule has 2 N–H and O–H groups in total. The molecule has 0 aliphatic rings. The topological polar surface area (TPSA) is 95.1 Å². The van der Waals surface area contributed by atoms with Crippen LogP contribution < -0.4 is 29.6 Å². The van der Waals surface area contributed by atoms with E-state index >= 15 is 0 Å². The monoisotopic (exact) mass is 868 g/mol. The fourth-order valence-corrected chi connectivity index (χ4v) is 5.90. The van der Waals surface area contributed by atoms with Gasteiger partial charge in [0.1, 0.15) is 34.1 Å². The summed E-state index contributed by atoms with van der Waals surface area (Å²) in [4.78, 5) is 25.4. The molecule has 58 heavy (non-hydrogen) atoms. The highest BCUT2D eigenvalue weighted by Gasteiger charge is 2.19. The number of halogens is 6. The predicted molar refractivity (Wildman–Crippen MR) is 226 cm³/mol. The fourth-order valence-electron chi connectivity index (χ4n) is 5.09. The van der Waals surface area contributed by atoms with Crippen LogP contribution in [0, 0.1) is 11.6 Å². The van der Waals surface area contributed by atoms with Crippen LogP contribution in [0.5, 0.6) is 34.5 Å². The lowest BCUT2D eigenvalue weighted by Crippen LogP contribution is -2.23. The van der Waals surface area contributed by atoms with E-state index in [0.29, 0.717) is 38.4 Å². The quantitative estimate of drug-likeness (QED) is 0.127. The van der Waals surface area contributed by atoms with Crippen molar-refractivity contribution >= 4 is 58.2 Å². The van der Waals surface area contributed by atoms with Gasteiger partial charge in [0, 0.05) is 23.1 Å². The van der Waals surface area contributed by atoms with E-state index in [2.05, 4.69) is 10.6 Å². The smallest absolute Gasteiger partial charge is 0.256 e. The van der Waals surface area contributed by atoms with Crippen LogP contribution in [-0.2, 0) is 13.1 Å². The molecule has 6 aromatic carbocycles. The number of benzene rings is 6. The molecular weight excluding hydrogens is 832 g/mol. The second kappa shape index (κ2) is 22.4. The normalized spacial score (nSPS) is 10.2. The fraction of sp³-hybridized carbons (Fsp3) is 0.136. The van der Waals surface area contributed by atoms with Crippen molar-refractivity contribution in [3.05, 3.63) is 175 Å². The molecule has 6 aromatic rings. The number of hydrogen-bond donors (Lipinski definition) is 2. The second-order valence-electron chi connectivity index (χ2n) is 11.6. The molecule has 14 heteroatoms. The molecule has 0 aliphatic heterocycles. The Kier molecular flexibility index (Phi) is 17.5. The summed E-state index contributed by atoms with van der Waals surface area (Å²) in [6.45, 7) is 4.23. The zero-order valence-corrected chi connectivity index (χ0v) is 34.7. The summed E-state index contributed by atoms with van der Waals surface area (Å²) in [6, 6.07) is 32.3.